The van der Waals surface area contributed by atoms with E-state index in [1.165, 1.54) is 16.9 Å². The number of nitrogens with one attached hydrogen (secondary N) is 1. The first-order valence-electron chi connectivity index (χ1n) is 8.05. The van der Waals surface area contributed by atoms with Crippen molar-refractivity contribution < 1.29 is 4.79 Å². The average Bonchev–Trinajstić information content (AvgIpc) is 3.02. The Balaban J connectivity index is 1.94. The van der Waals surface area contributed by atoms with Gasteiger partial charge in [-0.3, -0.25) is 9.48 Å². The monoisotopic (exact) mass is 335 g/mol. The van der Waals surface area contributed by atoms with Crippen LogP contribution in [0.1, 0.15) is 49.2 Å². The van der Waals surface area contributed by atoms with E-state index in [4.69, 9.17) is 0 Å². The molecule has 2 aromatic heterocycles. The Bertz CT molecular complexity index is 674. The SMILES string of the molecule is CCc1nnc(NC(=O)CCc2c(C)nn(CC(C)C)c2C)s1. The van der Waals surface area contributed by atoms with Gasteiger partial charge in [-0.2, -0.15) is 5.10 Å². The van der Waals surface area contributed by atoms with Crippen LogP contribution in [-0.4, -0.2) is 25.9 Å². The van der Waals surface area contributed by atoms with E-state index in [1.54, 1.807) is 0 Å². The normalized spacial score (nSPS) is 11.2. The van der Waals surface area contributed by atoms with Crippen molar-refractivity contribution in [2.75, 3.05) is 5.32 Å². The van der Waals surface area contributed by atoms with Crippen molar-refractivity contribution in [3.63, 3.8) is 0 Å². The topological polar surface area (TPSA) is 72.7 Å². The molecule has 0 bridgehead atoms. The molecule has 1 N–H and O–H groups in total. The second-order valence-corrected chi connectivity index (χ2v) is 7.19. The fourth-order valence-corrected chi connectivity index (χ4v) is 3.18. The minimum absolute atomic E-state index is 0.0285. The molecule has 1 amide bonds. The maximum Gasteiger partial charge on any atom is 0.226 e. The van der Waals surface area contributed by atoms with Crippen LogP contribution in [0.3, 0.4) is 0 Å². The predicted octanol–water partition coefficient (Wildman–Crippen LogP) is 3.14. The molecule has 2 heterocycles. The quantitative estimate of drug-likeness (QED) is 0.843. The molecule has 0 aliphatic heterocycles. The van der Waals surface area contributed by atoms with E-state index in [0.29, 0.717) is 23.9 Å². The van der Waals surface area contributed by atoms with Crippen molar-refractivity contribution in [1.82, 2.24) is 20.0 Å². The van der Waals surface area contributed by atoms with Gasteiger partial charge < -0.3 is 5.32 Å². The fraction of sp³-hybridized carbons (Fsp3) is 0.625. The molecule has 0 atom stereocenters. The molecular formula is C16H25N5OS. The molecule has 0 fully saturated rings. The van der Waals surface area contributed by atoms with Crippen LogP contribution in [0.4, 0.5) is 5.13 Å². The number of aromatic nitrogens is 4. The molecule has 2 rings (SSSR count). The molecule has 0 saturated heterocycles. The molecule has 0 saturated carbocycles. The molecule has 7 heteroatoms. The van der Waals surface area contributed by atoms with Gasteiger partial charge >= 0.3 is 0 Å². The second kappa shape index (κ2) is 7.68. The van der Waals surface area contributed by atoms with E-state index in [0.717, 1.165) is 29.4 Å². The summed E-state index contributed by atoms with van der Waals surface area (Å²) in [4.78, 5) is 12.1. The van der Waals surface area contributed by atoms with Gasteiger partial charge in [0.05, 0.1) is 5.69 Å². The summed E-state index contributed by atoms with van der Waals surface area (Å²) >= 11 is 1.43. The molecule has 23 heavy (non-hydrogen) atoms. The summed E-state index contributed by atoms with van der Waals surface area (Å²) in [5, 5.41) is 16.9. The lowest BCUT2D eigenvalue weighted by Crippen LogP contribution is -2.13. The zero-order valence-electron chi connectivity index (χ0n) is 14.5. The molecule has 0 spiro atoms. The van der Waals surface area contributed by atoms with Crippen LogP contribution >= 0.6 is 11.3 Å². The first-order valence-corrected chi connectivity index (χ1v) is 8.87. The molecule has 6 nitrogen and oxygen atoms in total. The van der Waals surface area contributed by atoms with Crippen molar-refractivity contribution in [2.24, 2.45) is 5.92 Å². The molecule has 0 radical (unpaired) electrons. The molecule has 0 aliphatic carbocycles. The highest BCUT2D eigenvalue weighted by Gasteiger charge is 2.14. The average molecular weight is 335 g/mol. The first kappa shape index (κ1) is 17.6. The third-order valence-electron chi connectivity index (χ3n) is 3.69. The minimum Gasteiger partial charge on any atom is -0.301 e. The number of rotatable bonds is 7. The summed E-state index contributed by atoms with van der Waals surface area (Å²) in [5.74, 6) is 0.522. The highest BCUT2D eigenvalue weighted by Crippen LogP contribution is 2.18. The number of amides is 1. The van der Waals surface area contributed by atoms with Gasteiger partial charge in [0.15, 0.2) is 0 Å². The van der Waals surface area contributed by atoms with E-state index in [9.17, 15) is 4.79 Å². The van der Waals surface area contributed by atoms with Gasteiger partial charge in [0.1, 0.15) is 5.01 Å². The number of anilines is 1. The summed E-state index contributed by atoms with van der Waals surface area (Å²) in [6.45, 7) is 11.4. The lowest BCUT2D eigenvalue weighted by Gasteiger charge is -2.08. The molecule has 2 aromatic rings. The summed E-state index contributed by atoms with van der Waals surface area (Å²) in [6, 6.07) is 0. The van der Waals surface area contributed by atoms with Crippen molar-refractivity contribution in [3.05, 3.63) is 22.0 Å². The minimum atomic E-state index is -0.0285. The van der Waals surface area contributed by atoms with Crippen LogP contribution in [-0.2, 0) is 24.2 Å². The second-order valence-electron chi connectivity index (χ2n) is 6.13. The van der Waals surface area contributed by atoms with Gasteiger partial charge in [0.25, 0.3) is 0 Å². The number of carbonyl (C=O) groups excluding carboxylic acids is 1. The van der Waals surface area contributed by atoms with Crippen LogP contribution in [0, 0.1) is 19.8 Å². The zero-order chi connectivity index (χ0) is 17.0. The standard InChI is InChI=1S/C16H25N5OS/c1-6-15-18-19-16(23-15)17-14(22)8-7-13-11(4)20-21(12(13)5)9-10(2)3/h10H,6-9H2,1-5H3,(H,17,19,22). The molecule has 0 aromatic carbocycles. The highest BCUT2D eigenvalue weighted by molar-refractivity contribution is 7.15. The van der Waals surface area contributed by atoms with Crippen LogP contribution in [0.2, 0.25) is 0 Å². The number of aryl methyl sites for hydroxylation is 2. The van der Waals surface area contributed by atoms with E-state index in [-0.39, 0.29) is 5.91 Å². The molecule has 0 unspecified atom stereocenters. The number of carbonyl (C=O) groups is 1. The predicted molar refractivity (Wildman–Crippen MR) is 92.8 cm³/mol. The Kier molecular flexibility index (Phi) is 5.87. The van der Waals surface area contributed by atoms with Gasteiger partial charge in [-0.05, 0) is 38.2 Å². The third kappa shape index (κ3) is 4.60. The van der Waals surface area contributed by atoms with Crippen molar-refractivity contribution in [1.29, 1.82) is 0 Å². The highest BCUT2D eigenvalue weighted by atomic mass is 32.1. The fourth-order valence-electron chi connectivity index (χ4n) is 2.49. The van der Waals surface area contributed by atoms with Crippen molar-refractivity contribution >= 4 is 22.4 Å². The number of hydrogen-bond acceptors (Lipinski definition) is 5. The van der Waals surface area contributed by atoms with Crippen LogP contribution in [0.5, 0.6) is 0 Å². The zero-order valence-corrected chi connectivity index (χ0v) is 15.3. The lowest BCUT2D eigenvalue weighted by molar-refractivity contribution is -0.116. The van der Waals surface area contributed by atoms with Crippen LogP contribution < -0.4 is 5.32 Å². The van der Waals surface area contributed by atoms with Crippen LogP contribution in [0.25, 0.3) is 0 Å². The summed E-state index contributed by atoms with van der Waals surface area (Å²) in [7, 11) is 0. The van der Waals surface area contributed by atoms with E-state index < -0.39 is 0 Å². The molecule has 0 aliphatic rings. The van der Waals surface area contributed by atoms with Crippen molar-refractivity contribution in [2.45, 2.75) is 60.4 Å². The smallest absolute Gasteiger partial charge is 0.226 e. The first-order chi connectivity index (χ1) is 10.9. The molecular weight excluding hydrogens is 310 g/mol. The van der Waals surface area contributed by atoms with Gasteiger partial charge in [-0.15, -0.1) is 10.2 Å². The Morgan fingerprint density at radius 3 is 2.65 bits per heavy atom. The lowest BCUT2D eigenvalue weighted by atomic mass is 10.1. The van der Waals surface area contributed by atoms with E-state index in [1.807, 2.05) is 18.5 Å². The largest absolute Gasteiger partial charge is 0.301 e. The van der Waals surface area contributed by atoms with Gasteiger partial charge in [0.2, 0.25) is 11.0 Å². The van der Waals surface area contributed by atoms with E-state index in [2.05, 4.69) is 41.4 Å². The van der Waals surface area contributed by atoms with Gasteiger partial charge in [-0.1, -0.05) is 32.1 Å². The summed E-state index contributed by atoms with van der Waals surface area (Å²) in [5.41, 5.74) is 3.35. The number of nitrogens with zero attached hydrogens (tertiary/aromatic N) is 4. The van der Waals surface area contributed by atoms with Crippen LogP contribution in [0.15, 0.2) is 0 Å². The Morgan fingerprint density at radius 1 is 1.30 bits per heavy atom. The molecule has 126 valence electrons. The number of hydrogen-bond donors (Lipinski definition) is 1. The third-order valence-corrected chi connectivity index (χ3v) is 4.67. The van der Waals surface area contributed by atoms with Crippen molar-refractivity contribution in [3.8, 4) is 0 Å². The van der Waals surface area contributed by atoms with Gasteiger partial charge in [0, 0.05) is 18.7 Å². The van der Waals surface area contributed by atoms with Gasteiger partial charge in [-0.25, -0.2) is 0 Å². The van der Waals surface area contributed by atoms with E-state index >= 15 is 0 Å². The maximum absolute atomic E-state index is 12.1. The Labute approximate surface area is 141 Å². The summed E-state index contributed by atoms with van der Waals surface area (Å²) < 4.78 is 2.05. The summed E-state index contributed by atoms with van der Waals surface area (Å²) in [6.07, 6.45) is 1.96. The maximum atomic E-state index is 12.1. The Morgan fingerprint density at radius 2 is 2.04 bits per heavy atom. The Hall–Kier alpha value is -1.76.